The maximum atomic E-state index is 13.5. The number of benzene rings is 4. The van der Waals surface area contributed by atoms with E-state index in [1.807, 2.05) is 66.0 Å². The molecule has 47 heavy (non-hydrogen) atoms. The summed E-state index contributed by atoms with van der Waals surface area (Å²) in [5.74, 6) is 0.222. The smallest absolute Gasteiger partial charge is 0.272 e. The molecule has 0 radical (unpaired) electrons. The van der Waals surface area contributed by atoms with Crippen LogP contribution in [0.1, 0.15) is 41.3 Å². The molecule has 8 nitrogen and oxygen atoms in total. The lowest BCUT2D eigenvalue weighted by Crippen LogP contribution is -2.30. The van der Waals surface area contributed by atoms with Crippen molar-refractivity contribution in [3.63, 3.8) is 0 Å². The Morgan fingerprint density at radius 1 is 0.894 bits per heavy atom. The third kappa shape index (κ3) is 9.41. The molecule has 238 valence electrons. The molecule has 3 N–H and O–H groups in total. The lowest BCUT2D eigenvalue weighted by Gasteiger charge is -2.12. The van der Waals surface area contributed by atoms with Crippen LogP contribution < -0.4 is 20.7 Å². The molecule has 3 amide bonds. The van der Waals surface area contributed by atoms with Gasteiger partial charge in [-0.3, -0.25) is 14.4 Å². The van der Waals surface area contributed by atoms with Crippen molar-refractivity contribution in [1.29, 1.82) is 0 Å². The van der Waals surface area contributed by atoms with Gasteiger partial charge in [-0.2, -0.15) is 0 Å². The highest BCUT2D eigenvalue weighted by Gasteiger charge is 2.16. The standard InChI is InChI=1S/C37H34N4O4S2/c1-24(2)26-14-12-25(13-15-26)20-32(39-35(43)28-8-5-4-6-9-28)36(44)38-29-10-7-11-31(21-29)46-23-34(42)41-37-40-33(22-47-37)27-16-18-30(45-3)19-17-27/h4-22,24H,23H2,1-3H3,(H,38,44)(H,39,43)(H,40,41,42)/b32-20+. The van der Waals surface area contributed by atoms with Crippen LogP contribution in [0.4, 0.5) is 10.8 Å². The second-order valence-corrected chi connectivity index (χ2v) is 12.7. The van der Waals surface area contributed by atoms with Gasteiger partial charge in [0.15, 0.2) is 5.13 Å². The predicted molar refractivity (Wildman–Crippen MR) is 191 cm³/mol. The SMILES string of the molecule is COc1ccc(-c2csc(NC(=O)CSc3cccc(NC(=O)/C(=C\c4ccc(C(C)C)cc4)NC(=O)c4ccccc4)c3)n2)cc1. The van der Waals surface area contributed by atoms with E-state index in [0.717, 1.165) is 27.5 Å². The van der Waals surface area contributed by atoms with Gasteiger partial charge in [0.05, 0.1) is 18.6 Å². The number of carbonyl (C=O) groups is 3. The van der Waals surface area contributed by atoms with Crippen LogP contribution in [0.3, 0.4) is 0 Å². The summed E-state index contributed by atoms with van der Waals surface area (Å²) in [6.45, 7) is 4.23. The Morgan fingerprint density at radius 3 is 2.34 bits per heavy atom. The lowest BCUT2D eigenvalue weighted by molar-refractivity contribution is -0.114. The molecule has 0 saturated heterocycles. The first-order valence-electron chi connectivity index (χ1n) is 14.9. The topological polar surface area (TPSA) is 109 Å². The van der Waals surface area contributed by atoms with Crippen LogP contribution in [-0.4, -0.2) is 35.6 Å². The van der Waals surface area contributed by atoms with Gasteiger partial charge in [0.2, 0.25) is 5.91 Å². The third-order valence-corrected chi connectivity index (χ3v) is 8.79. The summed E-state index contributed by atoms with van der Waals surface area (Å²) in [4.78, 5) is 44.5. The Balaban J connectivity index is 1.22. The highest BCUT2D eigenvalue weighted by atomic mass is 32.2. The summed E-state index contributed by atoms with van der Waals surface area (Å²) in [6.07, 6.45) is 1.65. The van der Waals surface area contributed by atoms with E-state index in [4.69, 9.17) is 4.74 Å². The summed E-state index contributed by atoms with van der Waals surface area (Å²) in [5.41, 5.74) is 4.72. The summed E-state index contributed by atoms with van der Waals surface area (Å²) in [6, 6.07) is 31.4. The summed E-state index contributed by atoms with van der Waals surface area (Å²) >= 11 is 2.69. The van der Waals surface area contributed by atoms with Gasteiger partial charge in [-0.25, -0.2) is 4.98 Å². The van der Waals surface area contributed by atoms with Crippen LogP contribution in [0, 0.1) is 0 Å². The number of amides is 3. The van der Waals surface area contributed by atoms with Gasteiger partial charge in [-0.05, 0) is 77.7 Å². The Bertz CT molecular complexity index is 1870. The fourth-order valence-electron chi connectivity index (χ4n) is 4.48. The minimum atomic E-state index is -0.474. The molecule has 0 aliphatic carbocycles. The van der Waals surface area contributed by atoms with Crippen molar-refractivity contribution in [2.45, 2.75) is 24.7 Å². The zero-order valence-electron chi connectivity index (χ0n) is 26.2. The Kier molecular flexibility index (Phi) is 11.2. The quantitative estimate of drug-likeness (QED) is 0.0921. The molecule has 0 aliphatic rings. The van der Waals surface area contributed by atoms with E-state index in [2.05, 4.69) is 34.8 Å². The van der Waals surface area contributed by atoms with E-state index in [9.17, 15) is 14.4 Å². The summed E-state index contributed by atoms with van der Waals surface area (Å²) in [7, 11) is 1.62. The number of thiazole rings is 1. The first-order chi connectivity index (χ1) is 22.8. The number of aromatic nitrogens is 1. The first kappa shape index (κ1) is 33.2. The van der Waals surface area contributed by atoms with Crippen molar-refractivity contribution in [2.24, 2.45) is 0 Å². The molecule has 1 heterocycles. The number of carbonyl (C=O) groups excluding carboxylic acids is 3. The minimum absolute atomic E-state index is 0.103. The van der Waals surface area contributed by atoms with Gasteiger partial charge in [0.25, 0.3) is 11.8 Å². The van der Waals surface area contributed by atoms with Crippen molar-refractivity contribution >= 4 is 57.7 Å². The first-order valence-corrected chi connectivity index (χ1v) is 16.8. The number of methoxy groups -OCH3 is 1. The minimum Gasteiger partial charge on any atom is -0.497 e. The number of hydrogen-bond acceptors (Lipinski definition) is 7. The molecular formula is C37H34N4O4S2. The Hall–Kier alpha value is -5.19. The molecule has 0 unspecified atom stereocenters. The maximum absolute atomic E-state index is 13.5. The number of thioether (sulfide) groups is 1. The molecule has 5 rings (SSSR count). The zero-order chi connectivity index (χ0) is 33.2. The average Bonchev–Trinajstić information content (AvgIpc) is 3.56. The number of hydrogen-bond donors (Lipinski definition) is 3. The molecule has 0 saturated carbocycles. The predicted octanol–water partition coefficient (Wildman–Crippen LogP) is 8.08. The molecule has 0 aliphatic heterocycles. The second-order valence-electron chi connectivity index (χ2n) is 10.8. The van der Waals surface area contributed by atoms with Crippen LogP contribution in [-0.2, 0) is 9.59 Å². The molecule has 0 fully saturated rings. The van der Waals surface area contributed by atoms with Crippen LogP contribution >= 0.6 is 23.1 Å². The monoisotopic (exact) mass is 662 g/mol. The number of anilines is 2. The van der Waals surface area contributed by atoms with Gasteiger partial charge < -0.3 is 20.7 Å². The highest BCUT2D eigenvalue weighted by Crippen LogP contribution is 2.27. The van der Waals surface area contributed by atoms with Crippen LogP contribution in [0.5, 0.6) is 5.75 Å². The molecule has 0 spiro atoms. The van der Waals surface area contributed by atoms with Crippen molar-refractivity contribution in [3.05, 3.63) is 131 Å². The van der Waals surface area contributed by atoms with Gasteiger partial charge in [-0.1, -0.05) is 62.4 Å². The van der Waals surface area contributed by atoms with E-state index in [-0.39, 0.29) is 17.4 Å². The van der Waals surface area contributed by atoms with Gasteiger partial charge in [-0.15, -0.1) is 23.1 Å². The molecule has 5 aromatic rings. The Morgan fingerprint density at radius 2 is 1.64 bits per heavy atom. The number of nitrogens with zero attached hydrogens (tertiary/aromatic N) is 1. The average molecular weight is 663 g/mol. The molecule has 1 aromatic heterocycles. The molecule has 0 bridgehead atoms. The number of nitrogens with one attached hydrogen (secondary N) is 3. The van der Waals surface area contributed by atoms with Crippen molar-refractivity contribution in [3.8, 4) is 17.0 Å². The van der Waals surface area contributed by atoms with Crippen molar-refractivity contribution in [1.82, 2.24) is 10.3 Å². The van der Waals surface area contributed by atoms with Crippen LogP contribution in [0.25, 0.3) is 17.3 Å². The lowest BCUT2D eigenvalue weighted by atomic mass is 10.0. The van der Waals surface area contributed by atoms with Gasteiger partial charge >= 0.3 is 0 Å². The van der Waals surface area contributed by atoms with E-state index in [0.29, 0.717) is 22.3 Å². The highest BCUT2D eigenvalue weighted by molar-refractivity contribution is 8.00. The molecule has 0 atom stereocenters. The van der Waals surface area contributed by atoms with Gasteiger partial charge in [0, 0.05) is 27.1 Å². The third-order valence-electron chi connectivity index (χ3n) is 7.04. The fourth-order valence-corrected chi connectivity index (χ4v) is 5.97. The number of ether oxygens (including phenoxy) is 1. The van der Waals surface area contributed by atoms with E-state index >= 15 is 0 Å². The van der Waals surface area contributed by atoms with E-state index < -0.39 is 11.8 Å². The number of rotatable bonds is 12. The summed E-state index contributed by atoms with van der Waals surface area (Å²) in [5, 5.41) is 10.9. The van der Waals surface area contributed by atoms with Crippen LogP contribution in [0.2, 0.25) is 0 Å². The van der Waals surface area contributed by atoms with E-state index in [1.165, 1.54) is 28.7 Å². The normalized spacial score (nSPS) is 11.2. The molecule has 4 aromatic carbocycles. The largest absolute Gasteiger partial charge is 0.497 e. The summed E-state index contributed by atoms with van der Waals surface area (Å²) < 4.78 is 5.21. The Labute approximate surface area is 282 Å². The van der Waals surface area contributed by atoms with E-state index in [1.54, 1.807) is 55.7 Å². The van der Waals surface area contributed by atoms with Crippen LogP contribution in [0.15, 0.2) is 119 Å². The molecule has 10 heteroatoms. The second kappa shape index (κ2) is 15.9. The molecular weight excluding hydrogens is 629 g/mol. The fraction of sp³-hybridized carbons (Fsp3) is 0.135. The van der Waals surface area contributed by atoms with Crippen molar-refractivity contribution < 1.29 is 19.1 Å². The zero-order valence-corrected chi connectivity index (χ0v) is 27.8. The van der Waals surface area contributed by atoms with Gasteiger partial charge in [0.1, 0.15) is 11.4 Å². The maximum Gasteiger partial charge on any atom is 0.272 e. The van der Waals surface area contributed by atoms with Crippen molar-refractivity contribution in [2.75, 3.05) is 23.5 Å².